The zero-order chi connectivity index (χ0) is 21.7. The molecule has 0 aliphatic carbocycles. The van der Waals surface area contributed by atoms with E-state index in [1.807, 2.05) is 31.1 Å². The molecule has 0 fully saturated rings. The molecule has 0 radical (unpaired) electrons. The zero-order valence-electron chi connectivity index (χ0n) is 16.9. The summed E-state index contributed by atoms with van der Waals surface area (Å²) in [6.07, 6.45) is 0.650. The molecule has 30 heavy (non-hydrogen) atoms. The maximum Gasteiger partial charge on any atom is 0.229 e. The van der Waals surface area contributed by atoms with Crippen LogP contribution < -0.4 is 4.90 Å². The van der Waals surface area contributed by atoms with Crippen LogP contribution in [-0.2, 0) is 14.6 Å². The SMILES string of the molecule is CN(C)CCCN(C(=O)CCS(=O)(=O)c1ccccc1)c1nc2ccc(Cl)cc2s1. The van der Waals surface area contributed by atoms with Crippen LogP contribution in [0.1, 0.15) is 12.8 Å². The summed E-state index contributed by atoms with van der Waals surface area (Å²) in [6.45, 7) is 1.28. The van der Waals surface area contributed by atoms with Gasteiger partial charge in [-0.05, 0) is 57.4 Å². The van der Waals surface area contributed by atoms with Crippen LogP contribution in [0.3, 0.4) is 0 Å². The van der Waals surface area contributed by atoms with Crippen molar-refractivity contribution >= 4 is 54.0 Å². The average molecular weight is 466 g/mol. The quantitative estimate of drug-likeness (QED) is 0.475. The lowest BCUT2D eigenvalue weighted by atomic mass is 10.3. The van der Waals surface area contributed by atoms with E-state index >= 15 is 0 Å². The summed E-state index contributed by atoms with van der Waals surface area (Å²) in [7, 11) is 0.416. The number of carbonyl (C=O) groups excluding carboxylic acids is 1. The van der Waals surface area contributed by atoms with Gasteiger partial charge in [-0.2, -0.15) is 0 Å². The first kappa shape index (κ1) is 22.7. The van der Waals surface area contributed by atoms with E-state index in [-0.39, 0.29) is 23.0 Å². The van der Waals surface area contributed by atoms with Crippen molar-refractivity contribution in [3.05, 3.63) is 53.6 Å². The summed E-state index contributed by atoms with van der Waals surface area (Å²) >= 11 is 7.46. The summed E-state index contributed by atoms with van der Waals surface area (Å²) < 4.78 is 26.0. The minimum absolute atomic E-state index is 0.101. The van der Waals surface area contributed by atoms with Gasteiger partial charge in [0.2, 0.25) is 5.91 Å². The van der Waals surface area contributed by atoms with Gasteiger partial charge in [0, 0.05) is 18.0 Å². The molecule has 6 nitrogen and oxygen atoms in total. The van der Waals surface area contributed by atoms with E-state index in [0.29, 0.717) is 16.7 Å². The van der Waals surface area contributed by atoms with Gasteiger partial charge in [0.25, 0.3) is 0 Å². The largest absolute Gasteiger partial charge is 0.309 e. The third-order valence-corrected chi connectivity index (χ3v) is 7.55. The summed E-state index contributed by atoms with van der Waals surface area (Å²) in [4.78, 5) is 21.5. The number of amides is 1. The number of carbonyl (C=O) groups is 1. The topological polar surface area (TPSA) is 70.6 Å². The van der Waals surface area contributed by atoms with E-state index < -0.39 is 9.84 Å². The van der Waals surface area contributed by atoms with Crippen LogP contribution in [-0.4, -0.2) is 57.1 Å². The number of aromatic nitrogens is 1. The molecule has 0 aliphatic rings. The Morgan fingerprint density at radius 3 is 2.53 bits per heavy atom. The van der Waals surface area contributed by atoms with Gasteiger partial charge in [0.15, 0.2) is 15.0 Å². The van der Waals surface area contributed by atoms with E-state index in [0.717, 1.165) is 23.2 Å². The number of rotatable bonds is 9. The van der Waals surface area contributed by atoms with E-state index in [4.69, 9.17) is 11.6 Å². The van der Waals surface area contributed by atoms with Crippen molar-refractivity contribution in [2.75, 3.05) is 37.8 Å². The van der Waals surface area contributed by atoms with Crippen molar-refractivity contribution in [3.63, 3.8) is 0 Å². The van der Waals surface area contributed by atoms with Crippen LogP contribution in [0.2, 0.25) is 5.02 Å². The van der Waals surface area contributed by atoms with Crippen molar-refractivity contribution in [1.82, 2.24) is 9.88 Å². The van der Waals surface area contributed by atoms with Crippen LogP contribution in [0, 0.1) is 0 Å². The average Bonchev–Trinajstić information content (AvgIpc) is 3.12. The van der Waals surface area contributed by atoms with Gasteiger partial charge in [-0.1, -0.05) is 41.1 Å². The van der Waals surface area contributed by atoms with Crippen LogP contribution in [0.25, 0.3) is 10.2 Å². The Hall–Kier alpha value is -2.00. The smallest absolute Gasteiger partial charge is 0.229 e. The predicted molar refractivity (Wildman–Crippen MR) is 123 cm³/mol. The molecule has 9 heteroatoms. The van der Waals surface area contributed by atoms with Gasteiger partial charge in [-0.25, -0.2) is 13.4 Å². The van der Waals surface area contributed by atoms with Crippen molar-refractivity contribution in [2.24, 2.45) is 0 Å². The summed E-state index contributed by atoms with van der Waals surface area (Å²) in [5.74, 6) is -0.491. The Kier molecular flexibility index (Phi) is 7.46. The summed E-state index contributed by atoms with van der Waals surface area (Å²) in [6, 6.07) is 13.6. The normalized spacial score (nSPS) is 11.9. The molecular weight excluding hydrogens is 442 g/mol. The van der Waals surface area contributed by atoms with E-state index in [9.17, 15) is 13.2 Å². The summed E-state index contributed by atoms with van der Waals surface area (Å²) in [5, 5.41) is 1.17. The van der Waals surface area contributed by atoms with Crippen LogP contribution in [0.15, 0.2) is 53.4 Å². The molecule has 1 amide bonds. The first-order valence-corrected chi connectivity index (χ1v) is 12.4. The number of hydrogen-bond donors (Lipinski definition) is 0. The lowest BCUT2D eigenvalue weighted by Crippen LogP contribution is -2.34. The molecule has 2 aromatic carbocycles. The molecule has 0 saturated heterocycles. The van der Waals surface area contributed by atoms with Crippen molar-refractivity contribution < 1.29 is 13.2 Å². The molecular formula is C21H24ClN3O3S2. The molecule has 3 aromatic rings. The number of benzene rings is 2. The molecule has 0 N–H and O–H groups in total. The standard InChI is InChI=1S/C21H24ClN3O3S2/c1-24(2)12-6-13-25(21-23-18-10-9-16(22)15-19(18)29-21)20(26)11-14-30(27,28)17-7-4-3-5-8-17/h3-5,7-10,15H,6,11-14H2,1-2H3. The van der Waals surface area contributed by atoms with Crippen molar-refractivity contribution in [3.8, 4) is 0 Å². The second-order valence-electron chi connectivity index (χ2n) is 7.19. The first-order valence-electron chi connectivity index (χ1n) is 9.55. The van der Waals surface area contributed by atoms with Crippen molar-refractivity contribution in [1.29, 1.82) is 0 Å². The highest BCUT2D eigenvalue weighted by molar-refractivity contribution is 7.91. The molecule has 0 bridgehead atoms. The number of sulfone groups is 1. The van der Waals surface area contributed by atoms with Gasteiger partial charge in [0.05, 0.1) is 20.9 Å². The van der Waals surface area contributed by atoms with Gasteiger partial charge in [0.1, 0.15) is 0 Å². The highest BCUT2D eigenvalue weighted by Gasteiger charge is 2.23. The summed E-state index contributed by atoms with van der Waals surface area (Å²) in [5.41, 5.74) is 0.765. The minimum Gasteiger partial charge on any atom is -0.309 e. The molecule has 160 valence electrons. The predicted octanol–water partition coefficient (Wildman–Crippen LogP) is 4.10. The van der Waals surface area contributed by atoms with Crippen molar-refractivity contribution in [2.45, 2.75) is 17.7 Å². The number of nitrogens with zero attached hydrogens (tertiary/aromatic N) is 3. The highest BCUT2D eigenvalue weighted by Crippen LogP contribution is 2.31. The molecule has 0 atom stereocenters. The molecule has 0 saturated carbocycles. The second kappa shape index (κ2) is 9.87. The molecule has 1 heterocycles. The molecule has 0 spiro atoms. The fraction of sp³-hybridized carbons (Fsp3) is 0.333. The first-order chi connectivity index (χ1) is 14.3. The number of anilines is 1. The highest BCUT2D eigenvalue weighted by atomic mass is 35.5. The van der Waals surface area contributed by atoms with Crippen LogP contribution >= 0.6 is 22.9 Å². The molecule has 1 aromatic heterocycles. The Morgan fingerprint density at radius 1 is 1.10 bits per heavy atom. The fourth-order valence-corrected chi connectivity index (χ4v) is 5.51. The Labute approximate surface area is 186 Å². The van der Waals surface area contributed by atoms with E-state index in [2.05, 4.69) is 4.98 Å². The lowest BCUT2D eigenvalue weighted by molar-refractivity contribution is -0.118. The van der Waals surface area contributed by atoms with Crippen LogP contribution in [0.4, 0.5) is 5.13 Å². The molecule has 3 rings (SSSR count). The molecule has 0 unspecified atom stereocenters. The van der Waals surface area contributed by atoms with Gasteiger partial charge >= 0.3 is 0 Å². The van der Waals surface area contributed by atoms with E-state index in [1.165, 1.54) is 11.3 Å². The Bertz CT molecular complexity index is 1110. The third-order valence-electron chi connectivity index (χ3n) is 4.55. The monoisotopic (exact) mass is 465 g/mol. The van der Waals surface area contributed by atoms with Gasteiger partial charge < -0.3 is 4.90 Å². The third kappa shape index (κ3) is 5.78. The number of fused-ring (bicyclic) bond motifs is 1. The van der Waals surface area contributed by atoms with E-state index in [1.54, 1.807) is 41.3 Å². The zero-order valence-corrected chi connectivity index (χ0v) is 19.3. The lowest BCUT2D eigenvalue weighted by Gasteiger charge is -2.21. The molecule has 0 aliphatic heterocycles. The Balaban J connectivity index is 1.79. The second-order valence-corrected chi connectivity index (χ2v) is 10.7. The number of hydrogen-bond acceptors (Lipinski definition) is 6. The van der Waals surface area contributed by atoms with Crippen LogP contribution in [0.5, 0.6) is 0 Å². The number of thiazole rings is 1. The minimum atomic E-state index is -3.53. The fourth-order valence-electron chi connectivity index (χ4n) is 2.98. The Morgan fingerprint density at radius 2 is 1.83 bits per heavy atom. The van der Waals surface area contributed by atoms with Gasteiger partial charge in [-0.3, -0.25) is 9.69 Å². The maximum atomic E-state index is 13.0. The number of halogens is 1. The maximum absolute atomic E-state index is 13.0. The van der Waals surface area contributed by atoms with Gasteiger partial charge in [-0.15, -0.1) is 0 Å².